The van der Waals surface area contributed by atoms with Crippen LogP contribution in [0.25, 0.3) is 10.8 Å². The predicted molar refractivity (Wildman–Crippen MR) is 73.8 cm³/mol. The van der Waals surface area contributed by atoms with Gasteiger partial charge in [0, 0.05) is 5.92 Å². The zero-order chi connectivity index (χ0) is 14.3. The molecule has 2 aromatic rings. The number of carboxylic acids is 2. The molecule has 0 aliphatic heterocycles. The zero-order valence-electron chi connectivity index (χ0n) is 10.7. The third-order valence-corrected chi connectivity index (χ3v) is 4.06. The van der Waals surface area contributed by atoms with Crippen LogP contribution < -0.4 is 0 Å². The van der Waals surface area contributed by atoms with Crippen LogP contribution >= 0.6 is 0 Å². The molecule has 1 aliphatic carbocycles. The van der Waals surface area contributed by atoms with E-state index in [0.717, 1.165) is 21.9 Å². The van der Waals surface area contributed by atoms with Crippen molar-refractivity contribution >= 4 is 22.7 Å². The second-order valence-electron chi connectivity index (χ2n) is 5.22. The third kappa shape index (κ3) is 1.93. The van der Waals surface area contributed by atoms with E-state index < -0.39 is 17.9 Å². The molecule has 0 bridgehead atoms. The van der Waals surface area contributed by atoms with Gasteiger partial charge in [0.15, 0.2) is 0 Å². The van der Waals surface area contributed by atoms with E-state index in [1.54, 1.807) is 0 Å². The topological polar surface area (TPSA) is 74.6 Å². The third-order valence-electron chi connectivity index (χ3n) is 4.06. The van der Waals surface area contributed by atoms with Crippen LogP contribution in [0.3, 0.4) is 0 Å². The first-order valence-corrected chi connectivity index (χ1v) is 6.53. The summed E-state index contributed by atoms with van der Waals surface area (Å²) in [5, 5.41) is 20.5. The van der Waals surface area contributed by atoms with Gasteiger partial charge in [-0.25, -0.2) is 0 Å². The number of hydrogen-bond donors (Lipinski definition) is 2. The molecular weight excluding hydrogens is 256 g/mol. The van der Waals surface area contributed by atoms with Crippen LogP contribution in [0.4, 0.5) is 0 Å². The molecule has 2 atom stereocenters. The largest absolute Gasteiger partial charge is 0.481 e. The molecule has 0 fully saturated rings. The molecule has 0 aromatic heterocycles. The summed E-state index contributed by atoms with van der Waals surface area (Å²) in [7, 11) is 0. The molecule has 1 aliphatic rings. The lowest BCUT2D eigenvalue weighted by Crippen LogP contribution is -2.24. The van der Waals surface area contributed by atoms with Crippen molar-refractivity contribution in [2.75, 3.05) is 0 Å². The fraction of sp³-hybridized carbons (Fsp3) is 0.250. The summed E-state index contributed by atoms with van der Waals surface area (Å²) in [4.78, 5) is 22.4. The second kappa shape index (κ2) is 4.63. The Bertz CT molecular complexity index is 699. The van der Waals surface area contributed by atoms with Gasteiger partial charge in [-0.3, -0.25) is 9.59 Å². The summed E-state index contributed by atoms with van der Waals surface area (Å²) in [5.41, 5.74) is 2.08. The molecule has 0 spiro atoms. The molecule has 20 heavy (non-hydrogen) atoms. The Hall–Kier alpha value is -2.36. The van der Waals surface area contributed by atoms with Crippen LogP contribution in [0.1, 0.15) is 23.5 Å². The van der Waals surface area contributed by atoms with Crippen LogP contribution in [0.2, 0.25) is 0 Å². The fourth-order valence-electron chi connectivity index (χ4n) is 3.22. The number of carboxylic acid groups (broad SMARTS) is 2. The molecule has 0 radical (unpaired) electrons. The summed E-state index contributed by atoms with van der Waals surface area (Å²) in [6, 6.07) is 11.8. The van der Waals surface area contributed by atoms with Crippen molar-refractivity contribution in [3.63, 3.8) is 0 Å². The van der Waals surface area contributed by atoms with Crippen molar-refractivity contribution in [3.8, 4) is 0 Å². The van der Waals surface area contributed by atoms with Gasteiger partial charge < -0.3 is 10.2 Å². The Morgan fingerprint density at radius 3 is 2.50 bits per heavy atom. The minimum absolute atomic E-state index is 0.260. The lowest BCUT2D eigenvalue weighted by molar-refractivity contribution is -0.149. The number of carbonyl (C=O) groups is 2. The van der Waals surface area contributed by atoms with Gasteiger partial charge in [-0.2, -0.15) is 0 Å². The second-order valence-corrected chi connectivity index (χ2v) is 5.22. The highest BCUT2D eigenvalue weighted by atomic mass is 16.4. The van der Waals surface area contributed by atoms with E-state index in [1.165, 1.54) is 0 Å². The van der Waals surface area contributed by atoms with Crippen LogP contribution in [0, 0.1) is 5.92 Å². The van der Waals surface area contributed by atoms with Gasteiger partial charge >= 0.3 is 11.9 Å². The zero-order valence-corrected chi connectivity index (χ0v) is 10.7. The molecule has 2 aromatic carbocycles. The highest BCUT2D eigenvalue weighted by molar-refractivity contribution is 5.92. The number of rotatable bonds is 4. The summed E-state index contributed by atoms with van der Waals surface area (Å²) in [6.45, 7) is 0. The van der Waals surface area contributed by atoms with Crippen LogP contribution in [0.5, 0.6) is 0 Å². The molecule has 102 valence electrons. The number of aliphatic carboxylic acids is 2. The molecule has 0 saturated carbocycles. The quantitative estimate of drug-likeness (QED) is 0.895. The van der Waals surface area contributed by atoms with Gasteiger partial charge in [0.1, 0.15) is 0 Å². The van der Waals surface area contributed by atoms with Crippen LogP contribution in [0.15, 0.2) is 36.4 Å². The fourth-order valence-corrected chi connectivity index (χ4v) is 3.22. The van der Waals surface area contributed by atoms with E-state index in [2.05, 4.69) is 0 Å². The van der Waals surface area contributed by atoms with E-state index >= 15 is 0 Å². The van der Waals surface area contributed by atoms with Crippen molar-refractivity contribution in [1.29, 1.82) is 0 Å². The molecule has 4 nitrogen and oxygen atoms in total. The first-order valence-electron chi connectivity index (χ1n) is 6.53. The van der Waals surface area contributed by atoms with E-state index in [9.17, 15) is 14.7 Å². The van der Waals surface area contributed by atoms with Crippen LogP contribution in [-0.2, 0) is 16.0 Å². The minimum Gasteiger partial charge on any atom is -0.481 e. The summed E-state index contributed by atoms with van der Waals surface area (Å²) in [6.07, 6.45) is 0.255. The molecular formula is C16H14O4. The lowest BCUT2D eigenvalue weighted by Gasteiger charge is -2.19. The minimum atomic E-state index is -1.07. The van der Waals surface area contributed by atoms with Gasteiger partial charge in [0.2, 0.25) is 0 Å². The molecule has 0 heterocycles. The summed E-state index contributed by atoms with van der Waals surface area (Å²) >= 11 is 0. The van der Waals surface area contributed by atoms with E-state index in [1.807, 2.05) is 36.4 Å². The van der Waals surface area contributed by atoms with Gasteiger partial charge in [-0.1, -0.05) is 36.4 Å². The predicted octanol–water partition coefficient (Wildman–Crippen LogP) is 2.66. The highest BCUT2D eigenvalue weighted by Gasteiger charge is 2.36. The molecule has 0 saturated heterocycles. The van der Waals surface area contributed by atoms with Crippen molar-refractivity contribution in [2.45, 2.75) is 18.8 Å². The SMILES string of the molecule is O=C(O)C[C@H](C(=O)O)[C@H]1Cc2cccc3cccc1c23. The lowest BCUT2D eigenvalue weighted by atomic mass is 9.84. The Morgan fingerprint density at radius 2 is 1.85 bits per heavy atom. The summed E-state index contributed by atoms with van der Waals surface area (Å²) in [5.74, 6) is -3.25. The molecule has 2 N–H and O–H groups in total. The van der Waals surface area contributed by atoms with E-state index in [-0.39, 0.29) is 12.3 Å². The van der Waals surface area contributed by atoms with Crippen molar-refractivity contribution < 1.29 is 19.8 Å². The Kier molecular flexibility index (Phi) is 2.93. The number of benzene rings is 2. The molecule has 0 unspecified atom stereocenters. The van der Waals surface area contributed by atoms with E-state index in [0.29, 0.717) is 6.42 Å². The average Bonchev–Trinajstić information content (AvgIpc) is 2.77. The standard InChI is InChI=1S/C16H14O4/c17-14(18)8-13(16(19)20)12-7-10-5-1-3-9-4-2-6-11(12)15(9)10/h1-6,12-13H,7-8H2,(H,17,18)(H,19,20)/t12-,13-/m0/s1. The Labute approximate surface area is 115 Å². The highest BCUT2D eigenvalue weighted by Crippen LogP contribution is 2.43. The summed E-state index contributed by atoms with van der Waals surface area (Å²) < 4.78 is 0. The maximum atomic E-state index is 11.4. The molecule has 4 heteroatoms. The normalized spacial score (nSPS) is 18.1. The molecule has 3 rings (SSSR count). The number of hydrogen-bond acceptors (Lipinski definition) is 2. The first-order chi connectivity index (χ1) is 9.58. The molecule has 0 amide bonds. The van der Waals surface area contributed by atoms with Gasteiger partial charge in [0.25, 0.3) is 0 Å². The van der Waals surface area contributed by atoms with Gasteiger partial charge in [-0.15, -0.1) is 0 Å². The Morgan fingerprint density at radius 1 is 1.15 bits per heavy atom. The van der Waals surface area contributed by atoms with Crippen LogP contribution in [-0.4, -0.2) is 22.2 Å². The average molecular weight is 270 g/mol. The van der Waals surface area contributed by atoms with Gasteiger partial charge in [0.05, 0.1) is 12.3 Å². The first kappa shape index (κ1) is 12.7. The monoisotopic (exact) mass is 270 g/mol. The maximum Gasteiger partial charge on any atom is 0.307 e. The van der Waals surface area contributed by atoms with Crippen molar-refractivity contribution in [3.05, 3.63) is 47.5 Å². The van der Waals surface area contributed by atoms with Crippen molar-refractivity contribution in [1.82, 2.24) is 0 Å². The maximum absolute atomic E-state index is 11.4. The van der Waals surface area contributed by atoms with Gasteiger partial charge in [-0.05, 0) is 28.3 Å². The smallest absolute Gasteiger partial charge is 0.307 e. The van der Waals surface area contributed by atoms with E-state index in [4.69, 9.17) is 5.11 Å². The Balaban J connectivity index is 2.09. The van der Waals surface area contributed by atoms with Crippen molar-refractivity contribution in [2.24, 2.45) is 5.92 Å².